The molecule has 0 unspecified atom stereocenters. The van der Waals surface area contributed by atoms with Gasteiger partial charge in [0.2, 0.25) is 0 Å². The molecule has 1 aromatic carbocycles. The van der Waals surface area contributed by atoms with Crippen molar-refractivity contribution in [3.8, 4) is 0 Å². The minimum Gasteiger partial charge on any atom is -0.459 e. The van der Waals surface area contributed by atoms with Crippen LogP contribution >= 0.6 is 0 Å². The van der Waals surface area contributed by atoms with E-state index in [1.54, 1.807) is 6.07 Å². The molecule has 0 radical (unpaired) electrons. The van der Waals surface area contributed by atoms with E-state index in [0.717, 1.165) is 23.3 Å². The summed E-state index contributed by atoms with van der Waals surface area (Å²) < 4.78 is 19.9. The van der Waals surface area contributed by atoms with Crippen molar-refractivity contribution in [2.24, 2.45) is 5.92 Å². The number of nitrogens with one attached hydrogen (secondary N) is 1. The van der Waals surface area contributed by atoms with Gasteiger partial charge in [0.15, 0.2) is 0 Å². The van der Waals surface area contributed by atoms with Crippen molar-refractivity contribution < 1.29 is 8.81 Å². The summed E-state index contributed by atoms with van der Waals surface area (Å²) in [4.78, 5) is 0. The van der Waals surface area contributed by atoms with Gasteiger partial charge < -0.3 is 9.73 Å². The molecule has 1 heterocycles. The molecule has 2 nitrogen and oxygen atoms in total. The highest BCUT2D eigenvalue weighted by atomic mass is 19.1. The average Bonchev–Trinajstić information content (AvgIpc) is 2.64. The molecule has 2 aromatic rings. The summed E-state index contributed by atoms with van der Waals surface area (Å²) in [6, 6.07) is 3.30. The van der Waals surface area contributed by atoms with Gasteiger partial charge in [-0.2, -0.15) is 0 Å². The topological polar surface area (TPSA) is 25.2 Å². The molecule has 1 aromatic heterocycles. The lowest BCUT2D eigenvalue weighted by atomic mass is 9.98. The van der Waals surface area contributed by atoms with Gasteiger partial charge in [-0.05, 0) is 37.9 Å². The maximum absolute atomic E-state index is 14.1. The lowest BCUT2D eigenvalue weighted by Crippen LogP contribution is -2.07. The summed E-state index contributed by atoms with van der Waals surface area (Å²) in [5.41, 5.74) is 2.69. The molecular weight excluding hydrogens is 229 g/mol. The van der Waals surface area contributed by atoms with Gasteiger partial charge in [-0.3, -0.25) is 0 Å². The number of benzene rings is 1. The van der Waals surface area contributed by atoms with Crippen LogP contribution in [0.4, 0.5) is 4.39 Å². The fraction of sp³-hybridized carbons (Fsp3) is 0.467. The first-order valence-corrected chi connectivity index (χ1v) is 6.38. The zero-order valence-corrected chi connectivity index (χ0v) is 11.4. The van der Waals surface area contributed by atoms with E-state index >= 15 is 0 Å². The second-order valence-electron chi connectivity index (χ2n) is 5.20. The molecular formula is C15H20FNO. The highest BCUT2D eigenvalue weighted by molar-refractivity contribution is 5.85. The maximum Gasteiger partial charge on any atom is 0.140 e. The molecule has 98 valence electrons. The Labute approximate surface area is 107 Å². The molecule has 0 spiro atoms. The minimum atomic E-state index is -0.183. The Balaban J connectivity index is 2.68. The lowest BCUT2D eigenvalue weighted by Gasteiger charge is -2.06. The van der Waals surface area contributed by atoms with Gasteiger partial charge in [-0.15, -0.1) is 0 Å². The van der Waals surface area contributed by atoms with Gasteiger partial charge in [-0.1, -0.05) is 19.9 Å². The number of fused-ring (bicyclic) bond motifs is 1. The van der Waals surface area contributed by atoms with Crippen molar-refractivity contribution >= 4 is 11.0 Å². The van der Waals surface area contributed by atoms with E-state index in [9.17, 15) is 4.39 Å². The highest BCUT2D eigenvalue weighted by Crippen LogP contribution is 2.32. The van der Waals surface area contributed by atoms with Crippen LogP contribution in [-0.2, 0) is 13.0 Å². The van der Waals surface area contributed by atoms with Crippen LogP contribution in [0.3, 0.4) is 0 Å². The molecule has 1 N–H and O–H groups in total. The molecule has 0 amide bonds. The van der Waals surface area contributed by atoms with Crippen LogP contribution in [0.1, 0.15) is 30.7 Å². The van der Waals surface area contributed by atoms with E-state index in [1.807, 2.05) is 14.0 Å². The normalized spacial score (nSPS) is 11.7. The second-order valence-corrected chi connectivity index (χ2v) is 5.20. The molecule has 0 fully saturated rings. The maximum atomic E-state index is 14.1. The van der Waals surface area contributed by atoms with Crippen molar-refractivity contribution in [1.29, 1.82) is 0 Å². The first kappa shape index (κ1) is 13.1. The highest BCUT2D eigenvalue weighted by Gasteiger charge is 2.19. The first-order valence-electron chi connectivity index (χ1n) is 6.38. The zero-order valence-electron chi connectivity index (χ0n) is 11.4. The Kier molecular flexibility index (Phi) is 3.71. The third-order valence-electron chi connectivity index (χ3n) is 3.12. The summed E-state index contributed by atoms with van der Waals surface area (Å²) >= 11 is 0. The third-order valence-corrected chi connectivity index (χ3v) is 3.12. The van der Waals surface area contributed by atoms with Crippen LogP contribution in [0.15, 0.2) is 16.5 Å². The number of hydrogen-bond donors (Lipinski definition) is 1. The van der Waals surface area contributed by atoms with Crippen molar-refractivity contribution in [1.82, 2.24) is 5.32 Å². The monoisotopic (exact) mass is 249 g/mol. The SMILES string of the molecule is CNCc1oc2c(C)ccc(F)c2c1CC(C)C. The summed E-state index contributed by atoms with van der Waals surface area (Å²) in [5, 5.41) is 3.74. The van der Waals surface area contributed by atoms with E-state index in [1.165, 1.54) is 6.07 Å². The molecule has 0 aliphatic heterocycles. The lowest BCUT2D eigenvalue weighted by molar-refractivity contribution is 0.514. The molecule has 3 heteroatoms. The second kappa shape index (κ2) is 5.11. The molecule has 2 rings (SSSR count). The molecule has 0 aliphatic carbocycles. The van der Waals surface area contributed by atoms with E-state index in [2.05, 4.69) is 19.2 Å². The standard InChI is InChI=1S/C15H20FNO/c1-9(2)7-11-13(8-17-4)18-15-10(3)5-6-12(16)14(11)15/h5-6,9,17H,7-8H2,1-4H3. The predicted octanol–water partition coefficient (Wildman–Crippen LogP) is 3.80. The molecule has 18 heavy (non-hydrogen) atoms. The van der Waals surface area contributed by atoms with E-state index in [-0.39, 0.29) is 5.82 Å². The molecule has 0 atom stereocenters. The molecule has 0 saturated heterocycles. The van der Waals surface area contributed by atoms with Crippen LogP contribution in [0.2, 0.25) is 0 Å². The van der Waals surface area contributed by atoms with Gasteiger partial charge in [0.05, 0.1) is 11.9 Å². The first-order chi connectivity index (χ1) is 8.54. The number of halogens is 1. The van der Waals surface area contributed by atoms with Crippen molar-refractivity contribution in [3.63, 3.8) is 0 Å². The van der Waals surface area contributed by atoms with Crippen molar-refractivity contribution in [3.05, 3.63) is 34.8 Å². The number of aryl methyl sites for hydroxylation is 1. The Bertz CT molecular complexity index is 557. The fourth-order valence-electron chi connectivity index (χ4n) is 2.33. The summed E-state index contributed by atoms with van der Waals surface area (Å²) in [5.74, 6) is 1.15. The Morgan fingerprint density at radius 2 is 2.06 bits per heavy atom. The van der Waals surface area contributed by atoms with Crippen molar-refractivity contribution in [2.75, 3.05) is 7.05 Å². The van der Waals surface area contributed by atoms with Gasteiger partial charge in [0, 0.05) is 5.56 Å². The Hall–Kier alpha value is -1.35. The van der Waals surface area contributed by atoms with Crippen LogP contribution in [0.5, 0.6) is 0 Å². The van der Waals surface area contributed by atoms with E-state index in [0.29, 0.717) is 23.4 Å². The summed E-state index contributed by atoms with van der Waals surface area (Å²) in [6.45, 7) is 6.86. The Morgan fingerprint density at radius 1 is 1.33 bits per heavy atom. The molecule has 0 bridgehead atoms. The van der Waals surface area contributed by atoms with Crippen LogP contribution < -0.4 is 5.32 Å². The number of rotatable bonds is 4. The fourth-order valence-corrected chi connectivity index (χ4v) is 2.33. The van der Waals surface area contributed by atoms with E-state index < -0.39 is 0 Å². The Morgan fingerprint density at radius 3 is 2.67 bits per heavy atom. The minimum absolute atomic E-state index is 0.183. The smallest absolute Gasteiger partial charge is 0.140 e. The van der Waals surface area contributed by atoms with Crippen LogP contribution in [0.25, 0.3) is 11.0 Å². The quantitative estimate of drug-likeness (QED) is 0.891. The van der Waals surface area contributed by atoms with Gasteiger partial charge in [0.1, 0.15) is 17.2 Å². The predicted molar refractivity (Wildman–Crippen MR) is 72.2 cm³/mol. The van der Waals surface area contributed by atoms with Gasteiger partial charge in [-0.25, -0.2) is 4.39 Å². The van der Waals surface area contributed by atoms with Crippen LogP contribution in [0, 0.1) is 18.7 Å². The zero-order chi connectivity index (χ0) is 13.3. The largest absolute Gasteiger partial charge is 0.459 e. The molecule has 0 aliphatic rings. The summed E-state index contributed by atoms with van der Waals surface area (Å²) in [7, 11) is 1.87. The average molecular weight is 249 g/mol. The van der Waals surface area contributed by atoms with Gasteiger partial charge >= 0.3 is 0 Å². The third kappa shape index (κ3) is 2.27. The molecule has 0 saturated carbocycles. The van der Waals surface area contributed by atoms with Crippen LogP contribution in [-0.4, -0.2) is 7.05 Å². The summed E-state index contributed by atoms with van der Waals surface area (Å²) in [6.07, 6.45) is 0.838. The van der Waals surface area contributed by atoms with Crippen molar-refractivity contribution in [2.45, 2.75) is 33.7 Å². The number of furan rings is 1. The van der Waals surface area contributed by atoms with E-state index in [4.69, 9.17) is 4.42 Å². The van der Waals surface area contributed by atoms with Gasteiger partial charge in [0.25, 0.3) is 0 Å². The number of hydrogen-bond acceptors (Lipinski definition) is 2.